The van der Waals surface area contributed by atoms with Gasteiger partial charge in [0.1, 0.15) is 5.60 Å². The lowest BCUT2D eigenvalue weighted by atomic mass is 9.80. The van der Waals surface area contributed by atoms with Gasteiger partial charge in [-0.3, -0.25) is 9.59 Å². The Balaban J connectivity index is 1.49. The van der Waals surface area contributed by atoms with Crippen LogP contribution < -0.4 is 0 Å². The molecule has 2 N–H and O–H groups in total. The summed E-state index contributed by atoms with van der Waals surface area (Å²) in [7, 11) is 0. The third-order valence-corrected chi connectivity index (χ3v) is 5.61. The first kappa shape index (κ1) is 12.4. The van der Waals surface area contributed by atoms with Crippen molar-refractivity contribution in [1.82, 2.24) is 4.90 Å². The molecule has 2 bridgehead atoms. The monoisotopic (exact) mass is 277 g/mol. The number of β-amino-alcohol motifs (C(OH)–C–C–N with tert-alkyl or cyclic N) is 1. The van der Waals surface area contributed by atoms with E-state index in [1.165, 1.54) is 0 Å². The van der Waals surface area contributed by atoms with E-state index in [4.69, 9.17) is 0 Å². The number of rotatable bonds is 3. The first-order valence-corrected chi connectivity index (χ1v) is 7.42. The summed E-state index contributed by atoms with van der Waals surface area (Å²) in [4.78, 5) is 25.7. The number of fused-ring (bicyclic) bond motifs is 2. The topological polar surface area (TPSA) is 77.8 Å². The molecule has 4 aliphatic rings. The van der Waals surface area contributed by atoms with Crippen molar-refractivity contribution in [2.24, 2.45) is 29.6 Å². The molecule has 0 aromatic rings. The van der Waals surface area contributed by atoms with E-state index < -0.39 is 23.4 Å². The van der Waals surface area contributed by atoms with Crippen molar-refractivity contribution in [3.63, 3.8) is 0 Å². The number of amides is 1. The second-order valence-electron chi connectivity index (χ2n) is 6.91. The Morgan fingerprint density at radius 2 is 1.70 bits per heavy atom. The Bertz CT molecular complexity index is 504. The average molecular weight is 277 g/mol. The van der Waals surface area contributed by atoms with Gasteiger partial charge in [0.25, 0.3) is 0 Å². The van der Waals surface area contributed by atoms with Gasteiger partial charge >= 0.3 is 5.97 Å². The fraction of sp³-hybridized carbons (Fsp3) is 0.733. The molecule has 3 fully saturated rings. The first-order valence-electron chi connectivity index (χ1n) is 7.42. The predicted octanol–water partition coefficient (Wildman–Crippen LogP) is 0.493. The van der Waals surface area contributed by atoms with Crippen molar-refractivity contribution in [2.75, 3.05) is 13.1 Å². The number of allylic oxidation sites excluding steroid dienone is 2. The van der Waals surface area contributed by atoms with Crippen LogP contribution in [0.3, 0.4) is 0 Å². The van der Waals surface area contributed by atoms with Crippen LogP contribution >= 0.6 is 0 Å². The highest BCUT2D eigenvalue weighted by atomic mass is 16.4. The second-order valence-corrected chi connectivity index (χ2v) is 6.91. The second kappa shape index (κ2) is 3.85. The van der Waals surface area contributed by atoms with Gasteiger partial charge in [0.05, 0.1) is 24.9 Å². The van der Waals surface area contributed by atoms with Crippen LogP contribution in [0.2, 0.25) is 0 Å². The van der Waals surface area contributed by atoms with Gasteiger partial charge in [-0.05, 0) is 37.0 Å². The average Bonchev–Trinajstić information content (AvgIpc) is 3.03. The SMILES string of the molecule is O=C(O)C1C2C=CC(C2)C1C(=O)N1CC(O)(C2CC2)C1. The molecule has 3 aliphatic carbocycles. The molecule has 4 unspecified atom stereocenters. The number of nitrogens with zero attached hydrogens (tertiary/aromatic N) is 1. The third kappa shape index (κ3) is 1.59. The van der Waals surface area contributed by atoms with Gasteiger partial charge in [-0.1, -0.05) is 12.2 Å². The van der Waals surface area contributed by atoms with Crippen LogP contribution in [0, 0.1) is 29.6 Å². The lowest BCUT2D eigenvalue weighted by Gasteiger charge is -2.48. The maximum atomic E-state index is 12.6. The van der Waals surface area contributed by atoms with Crippen molar-refractivity contribution < 1.29 is 19.8 Å². The van der Waals surface area contributed by atoms with E-state index >= 15 is 0 Å². The summed E-state index contributed by atoms with van der Waals surface area (Å²) >= 11 is 0. The molecular weight excluding hydrogens is 258 g/mol. The molecule has 0 spiro atoms. The largest absolute Gasteiger partial charge is 0.481 e. The number of aliphatic hydroxyl groups is 1. The minimum absolute atomic E-state index is 0.00930. The quantitative estimate of drug-likeness (QED) is 0.736. The molecular formula is C15H19NO4. The Morgan fingerprint density at radius 3 is 2.25 bits per heavy atom. The smallest absolute Gasteiger partial charge is 0.307 e. The number of likely N-dealkylation sites (tertiary alicyclic amines) is 1. The lowest BCUT2D eigenvalue weighted by molar-refractivity contribution is -0.168. The molecule has 4 atom stereocenters. The fourth-order valence-corrected chi connectivity index (χ4v) is 4.36. The van der Waals surface area contributed by atoms with Gasteiger partial charge in [0.15, 0.2) is 0 Å². The summed E-state index contributed by atoms with van der Waals surface area (Å²) in [6.45, 7) is 0.779. The molecule has 20 heavy (non-hydrogen) atoms. The number of carboxylic acid groups (broad SMARTS) is 1. The minimum atomic E-state index is -0.863. The highest BCUT2D eigenvalue weighted by Gasteiger charge is 2.58. The van der Waals surface area contributed by atoms with Crippen molar-refractivity contribution >= 4 is 11.9 Å². The molecule has 0 aromatic carbocycles. The van der Waals surface area contributed by atoms with E-state index in [-0.39, 0.29) is 17.7 Å². The molecule has 1 amide bonds. The summed E-state index contributed by atoms with van der Waals surface area (Å²) in [5, 5.41) is 19.7. The van der Waals surface area contributed by atoms with Gasteiger partial charge < -0.3 is 15.1 Å². The maximum absolute atomic E-state index is 12.6. The van der Waals surface area contributed by atoms with Crippen molar-refractivity contribution in [1.29, 1.82) is 0 Å². The predicted molar refractivity (Wildman–Crippen MR) is 69.6 cm³/mol. The van der Waals surface area contributed by atoms with Crippen LogP contribution in [0.5, 0.6) is 0 Å². The van der Waals surface area contributed by atoms with Crippen LogP contribution in [0.4, 0.5) is 0 Å². The molecule has 1 heterocycles. The zero-order valence-electron chi connectivity index (χ0n) is 11.2. The van der Waals surface area contributed by atoms with Gasteiger partial charge in [-0.25, -0.2) is 0 Å². The number of carbonyl (C=O) groups is 2. The summed E-state index contributed by atoms with van der Waals surface area (Å²) in [5.74, 6) is -1.50. The Labute approximate surface area is 117 Å². The van der Waals surface area contributed by atoms with Crippen LogP contribution in [-0.2, 0) is 9.59 Å². The fourth-order valence-electron chi connectivity index (χ4n) is 4.36. The van der Waals surface area contributed by atoms with Crippen molar-refractivity contribution in [3.8, 4) is 0 Å². The minimum Gasteiger partial charge on any atom is -0.481 e. The van der Waals surface area contributed by atoms with E-state index in [1.54, 1.807) is 4.90 Å². The molecule has 1 saturated heterocycles. The molecule has 108 valence electrons. The number of hydrogen-bond acceptors (Lipinski definition) is 3. The van der Waals surface area contributed by atoms with E-state index in [0.717, 1.165) is 19.3 Å². The van der Waals surface area contributed by atoms with Crippen molar-refractivity contribution in [3.05, 3.63) is 12.2 Å². The standard InChI is InChI=1S/C15H19NO4/c17-13(16-6-15(20,7-16)10-3-4-10)11-8-1-2-9(5-8)12(11)14(18)19/h1-2,8-12,20H,3-7H2,(H,18,19). The summed E-state index contributed by atoms with van der Waals surface area (Å²) in [6.07, 6.45) is 6.83. The summed E-state index contributed by atoms with van der Waals surface area (Å²) in [6, 6.07) is 0. The van der Waals surface area contributed by atoms with Crippen LogP contribution in [0.1, 0.15) is 19.3 Å². The molecule has 4 rings (SSSR count). The number of carbonyl (C=O) groups excluding carboxylic acids is 1. The zero-order chi connectivity index (χ0) is 14.1. The molecule has 5 heteroatoms. The lowest BCUT2D eigenvalue weighted by Crippen LogP contribution is -2.66. The Kier molecular flexibility index (Phi) is 2.38. The Hall–Kier alpha value is -1.36. The van der Waals surface area contributed by atoms with E-state index in [9.17, 15) is 19.8 Å². The number of carboxylic acids is 1. The molecule has 5 nitrogen and oxygen atoms in total. The van der Waals surface area contributed by atoms with Gasteiger partial charge in [0, 0.05) is 0 Å². The van der Waals surface area contributed by atoms with Crippen LogP contribution in [0.15, 0.2) is 12.2 Å². The number of aliphatic carboxylic acids is 1. The normalized spacial score (nSPS) is 40.8. The molecule has 2 saturated carbocycles. The highest BCUT2D eigenvalue weighted by Crippen LogP contribution is 2.50. The van der Waals surface area contributed by atoms with Gasteiger partial charge in [-0.2, -0.15) is 0 Å². The Morgan fingerprint density at radius 1 is 1.10 bits per heavy atom. The van der Waals surface area contributed by atoms with E-state index in [0.29, 0.717) is 19.0 Å². The highest BCUT2D eigenvalue weighted by molar-refractivity contribution is 5.87. The van der Waals surface area contributed by atoms with E-state index in [1.807, 2.05) is 12.2 Å². The summed E-state index contributed by atoms with van der Waals surface area (Å²) in [5.41, 5.74) is -0.693. The van der Waals surface area contributed by atoms with Crippen LogP contribution in [0.25, 0.3) is 0 Å². The zero-order valence-corrected chi connectivity index (χ0v) is 11.2. The van der Waals surface area contributed by atoms with E-state index in [2.05, 4.69) is 0 Å². The molecule has 0 radical (unpaired) electrons. The third-order valence-electron chi connectivity index (χ3n) is 5.61. The van der Waals surface area contributed by atoms with Crippen LogP contribution in [-0.4, -0.2) is 45.7 Å². The van der Waals surface area contributed by atoms with Crippen molar-refractivity contribution in [2.45, 2.75) is 24.9 Å². The number of hydrogen-bond donors (Lipinski definition) is 2. The van der Waals surface area contributed by atoms with Gasteiger partial charge in [0.2, 0.25) is 5.91 Å². The maximum Gasteiger partial charge on any atom is 0.307 e. The first-order chi connectivity index (χ1) is 9.49. The summed E-state index contributed by atoms with van der Waals surface area (Å²) < 4.78 is 0. The molecule has 0 aromatic heterocycles. The van der Waals surface area contributed by atoms with Gasteiger partial charge in [-0.15, -0.1) is 0 Å². The molecule has 1 aliphatic heterocycles.